The van der Waals surface area contributed by atoms with Crippen LogP contribution in [0.2, 0.25) is 0 Å². The first-order chi connectivity index (χ1) is 7.90. The first-order valence-corrected chi connectivity index (χ1v) is 7.21. The molecule has 0 bridgehead atoms. The van der Waals surface area contributed by atoms with Gasteiger partial charge in [0.25, 0.3) is 0 Å². The molecule has 17 heavy (non-hydrogen) atoms. The van der Waals surface area contributed by atoms with Gasteiger partial charge in [-0.2, -0.15) is 0 Å². The van der Waals surface area contributed by atoms with Crippen molar-refractivity contribution in [2.75, 3.05) is 11.5 Å². The van der Waals surface area contributed by atoms with Gasteiger partial charge in [0, 0.05) is 6.42 Å². The number of esters is 1. The van der Waals surface area contributed by atoms with Crippen molar-refractivity contribution in [2.24, 2.45) is 0 Å². The van der Waals surface area contributed by atoms with Crippen molar-refractivity contribution in [1.29, 1.82) is 0 Å². The molecule has 1 aliphatic heterocycles. The molecule has 1 unspecified atom stereocenters. The van der Waals surface area contributed by atoms with E-state index in [0.717, 1.165) is 0 Å². The van der Waals surface area contributed by atoms with Crippen LogP contribution in [-0.4, -0.2) is 31.5 Å². The highest BCUT2D eigenvalue weighted by Crippen LogP contribution is 2.27. The Bertz CT molecular complexity index is 521. The molecule has 1 aromatic rings. The molecule has 0 amide bonds. The Kier molecular flexibility index (Phi) is 2.95. The molecule has 1 heterocycles. The van der Waals surface area contributed by atoms with Gasteiger partial charge < -0.3 is 4.74 Å². The molecule has 0 aromatic heterocycles. The van der Waals surface area contributed by atoms with Crippen molar-refractivity contribution in [3.05, 3.63) is 35.9 Å². The van der Waals surface area contributed by atoms with Gasteiger partial charge in [0.05, 0.1) is 17.1 Å². The largest absolute Gasteiger partial charge is 0.455 e. The van der Waals surface area contributed by atoms with E-state index < -0.39 is 21.4 Å². The monoisotopic (exact) mass is 254 g/mol. The van der Waals surface area contributed by atoms with E-state index in [1.807, 2.05) is 0 Å². The van der Waals surface area contributed by atoms with Gasteiger partial charge in [0.2, 0.25) is 0 Å². The van der Waals surface area contributed by atoms with Gasteiger partial charge in [-0.05, 0) is 19.1 Å². The number of hydrogen-bond acceptors (Lipinski definition) is 4. The molecule has 1 atom stereocenters. The summed E-state index contributed by atoms with van der Waals surface area (Å²) in [6, 6.07) is 8.58. The Hall–Kier alpha value is -1.36. The minimum absolute atomic E-state index is 0.0847. The quantitative estimate of drug-likeness (QED) is 0.749. The van der Waals surface area contributed by atoms with Crippen LogP contribution in [-0.2, 0) is 14.6 Å². The van der Waals surface area contributed by atoms with Gasteiger partial charge in [-0.25, -0.2) is 13.2 Å². The van der Waals surface area contributed by atoms with Crippen LogP contribution < -0.4 is 0 Å². The molecule has 0 N–H and O–H groups in total. The molecule has 5 heteroatoms. The summed E-state index contributed by atoms with van der Waals surface area (Å²) in [5.74, 6) is -0.463. The van der Waals surface area contributed by atoms with Crippen molar-refractivity contribution in [1.82, 2.24) is 0 Å². The molecule has 1 fully saturated rings. The van der Waals surface area contributed by atoms with Gasteiger partial charge in [-0.3, -0.25) is 0 Å². The molecule has 0 aliphatic carbocycles. The van der Waals surface area contributed by atoms with Crippen LogP contribution in [0.25, 0.3) is 0 Å². The normalized spacial score (nSPS) is 26.6. The summed E-state index contributed by atoms with van der Waals surface area (Å²) in [5.41, 5.74) is -0.441. The topological polar surface area (TPSA) is 60.4 Å². The standard InChI is InChI=1S/C12H14O4S/c1-12(7-8-17(14,15)9-12)16-11(13)10-5-3-2-4-6-10/h2-6H,7-9H2,1H3. The number of ether oxygens (including phenoxy) is 1. The predicted octanol–water partition coefficient (Wildman–Crippen LogP) is 1.42. The second-order valence-electron chi connectivity index (χ2n) is 4.55. The lowest BCUT2D eigenvalue weighted by atomic mass is 10.1. The Labute approximate surface area is 101 Å². The molecule has 0 radical (unpaired) electrons. The van der Waals surface area contributed by atoms with Crippen LogP contribution in [0.1, 0.15) is 23.7 Å². The Balaban J connectivity index is 2.10. The van der Waals surface area contributed by atoms with Crippen LogP contribution >= 0.6 is 0 Å². The van der Waals surface area contributed by atoms with E-state index in [9.17, 15) is 13.2 Å². The van der Waals surface area contributed by atoms with Crippen LogP contribution in [0, 0.1) is 0 Å². The minimum atomic E-state index is -3.06. The zero-order valence-electron chi connectivity index (χ0n) is 9.55. The Morgan fingerprint density at radius 2 is 1.94 bits per heavy atom. The van der Waals surface area contributed by atoms with Crippen molar-refractivity contribution >= 4 is 15.8 Å². The number of sulfone groups is 1. The van der Waals surface area contributed by atoms with Gasteiger partial charge in [0.15, 0.2) is 9.84 Å². The highest BCUT2D eigenvalue weighted by atomic mass is 32.2. The van der Waals surface area contributed by atoms with Crippen LogP contribution in [0.5, 0.6) is 0 Å². The Morgan fingerprint density at radius 1 is 1.29 bits per heavy atom. The summed E-state index contributed by atoms with van der Waals surface area (Å²) in [6.07, 6.45) is 0.369. The molecule has 4 nitrogen and oxygen atoms in total. The lowest BCUT2D eigenvalue weighted by molar-refractivity contribution is 0.00232. The summed E-state index contributed by atoms with van der Waals surface area (Å²) in [7, 11) is -3.06. The average Bonchev–Trinajstić information content (AvgIpc) is 2.54. The summed E-state index contributed by atoms with van der Waals surface area (Å²) in [5, 5.41) is 0. The van der Waals surface area contributed by atoms with Gasteiger partial charge >= 0.3 is 5.97 Å². The number of hydrogen-bond donors (Lipinski definition) is 0. The summed E-state index contributed by atoms with van der Waals surface area (Å²) in [6.45, 7) is 1.67. The fourth-order valence-electron chi connectivity index (χ4n) is 1.92. The second-order valence-corrected chi connectivity index (χ2v) is 6.73. The van der Waals surface area contributed by atoms with Crippen molar-refractivity contribution in [2.45, 2.75) is 18.9 Å². The zero-order valence-corrected chi connectivity index (χ0v) is 10.4. The van der Waals surface area contributed by atoms with Crippen molar-refractivity contribution in [3.63, 3.8) is 0 Å². The van der Waals surface area contributed by atoms with E-state index in [-0.39, 0.29) is 11.5 Å². The fraction of sp³-hybridized carbons (Fsp3) is 0.417. The molecule has 1 saturated heterocycles. The minimum Gasteiger partial charge on any atom is -0.455 e. The van der Waals surface area contributed by atoms with E-state index in [4.69, 9.17) is 4.74 Å². The molecular weight excluding hydrogens is 240 g/mol. The SMILES string of the molecule is CC1(OC(=O)c2ccccc2)CCS(=O)(=O)C1. The maximum Gasteiger partial charge on any atom is 0.338 e. The summed E-state index contributed by atoms with van der Waals surface area (Å²) >= 11 is 0. The highest BCUT2D eigenvalue weighted by Gasteiger charge is 2.41. The van der Waals surface area contributed by atoms with E-state index in [0.29, 0.717) is 12.0 Å². The summed E-state index contributed by atoms with van der Waals surface area (Å²) < 4.78 is 28.0. The third-order valence-corrected chi connectivity index (χ3v) is 4.69. The zero-order chi connectivity index (χ0) is 12.5. The van der Waals surface area contributed by atoms with E-state index in [1.165, 1.54) is 0 Å². The van der Waals surface area contributed by atoms with Crippen LogP contribution in [0.4, 0.5) is 0 Å². The van der Waals surface area contributed by atoms with Gasteiger partial charge in [-0.15, -0.1) is 0 Å². The van der Waals surface area contributed by atoms with E-state index >= 15 is 0 Å². The fourth-order valence-corrected chi connectivity index (χ4v) is 3.94. The molecule has 1 aromatic carbocycles. The molecule has 1 aliphatic rings. The lowest BCUT2D eigenvalue weighted by Crippen LogP contribution is -2.32. The van der Waals surface area contributed by atoms with E-state index in [1.54, 1.807) is 37.3 Å². The maximum atomic E-state index is 11.8. The van der Waals surface area contributed by atoms with Crippen LogP contribution in [0.3, 0.4) is 0 Å². The van der Waals surface area contributed by atoms with Crippen LogP contribution in [0.15, 0.2) is 30.3 Å². The summed E-state index contributed by atoms with van der Waals surface area (Å²) in [4.78, 5) is 11.8. The Morgan fingerprint density at radius 3 is 2.47 bits per heavy atom. The average molecular weight is 254 g/mol. The van der Waals surface area contributed by atoms with E-state index in [2.05, 4.69) is 0 Å². The second kappa shape index (κ2) is 4.14. The molecule has 0 saturated carbocycles. The highest BCUT2D eigenvalue weighted by molar-refractivity contribution is 7.91. The smallest absolute Gasteiger partial charge is 0.338 e. The molecule has 0 spiro atoms. The van der Waals surface area contributed by atoms with Gasteiger partial charge in [0.1, 0.15) is 5.60 Å². The molecule has 2 rings (SSSR count). The number of carbonyl (C=O) groups excluding carboxylic acids is 1. The molecule has 92 valence electrons. The first kappa shape index (κ1) is 12.1. The predicted molar refractivity (Wildman–Crippen MR) is 63.5 cm³/mol. The number of carbonyl (C=O) groups is 1. The number of rotatable bonds is 2. The third kappa shape index (κ3) is 2.85. The first-order valence-electron chi connectivity index (χ1n) is 5.39. The third-order valence-electron chi connectivity index (χ3n) is 2.82. The lowest BCUT2D eigenvalue weighted by Gasteiger charge is -2.22. The number of benzene rings is 1. The van der Waals surface area contributed by atoms with Crippen molar-refractivity contribution in [3.8, 4) is 0 Å². The van der Waals surface area contributed by atoms with Crippen molar-refractivity contribution < 1.29 is 17.9 Å². The maximum absolute atomic E-state index is 11.8. The molecular formula is C12H14O4S. The van der Waals surface area contributed by atoms with Gasteiger partial charge in [-0.1, -0.05) is 18.2 Å².